The van der Waals surface area contributed by atoms with Gasteiger partial charge in [0.1, 0.15) is 34.7 Å². The van der Waals surface area contributed by atoms with Crippen LogP contribution in [-0.4, -0.2) is 71.3 Å². The van der Waals surface area contributed by atoms with Gasteiger partial charge in [-0.3, -0.25) is 4.57 Å². The predicted molar refractivity (Wildman–Crippen MR) is 147 cm³/mol. The van der Waals surface area contributed by atoms with Gasteiger partial charge in [-0.25, -0.2) is 23.4 Å². The van der Waals surface area contributed by atoms with Gasteiger partial charge in [-0.05, 0) is 44.5 Å². The number of sulfone groups is 1. The SMILES string of the molecule is CCOc1cccc(-c2nnc(CS(=O)(=O)[C@@H](C)[C@H](OC)c3ncc(C)cn3)n2-c2c(OC)cccc2OC)n1. The van der Waals surface area contributed by atoms with Crippen LogP contribution in [-0.2, 0) is 20.3 Å². The lowest BCUT2D eigenvalue weighted by molar-refractivity contribution is 0.0947. The Morgan fingerprint density at radius 1 is 0.950 bits per heavy atom. The summed E-state index contributed by atoms with van der Waals surface area (Å²) in [5.74, 6) is 1.46. The molecule has 0 unspecified atom stereocenters. The van der Waals surface area contributed by atoms with Gasteiger partial charge >= 0.3 is 0 Å². The topological polar surface area (TPSA) is 140 Å². The number of hydrogen-bond donors (Lipinski definition) is 0. The second kappa shape index (κ2) is 12.4. The van der Waals surface area contributed by atoms with Crippen molar-refractivity contribution in [3.8, 4) is 34.6 Å². The Morgan fingerprint density at radius 2 is 1.60 bits per heavy atom. The third kappa shape index (κ3) is 5.89. The van der Waals surface area contributed by atoms with Gasteiger partial charge in [0.05, 0.1) is 26.1 Å². The van der Waals surface area contributed by atoms with E-state index in [1.807, 2.05) is 13.8 Å². The summed E-state index contributed by atoms with van der Waals surface area (Å²) in [6.07, 6.45) is 2.34. The summed E-state index contributed by atoms with van der Waals surface area (Å²) in [4.78, 5) is 13.1. The van der Waals surface area contributed by atoms with Crippen LogP contribution in [0.15, 0.2) is 48.8 Å². The lowest BCUT2D eigenvalue weighted by Gasteiger charge is -2.22. The van der Waals surface area contributed by atoms with Crippen LogP contribution in [0.25, 0.3) is 17.2 Å². The Labute approximate surface area is 233 Å². The second-order valence-electron chi connectivity index (χ2n) is 8.87. The monoisotopic (exact) mass is 568 g/mol. The van der Waals surface area contributed by atoms with E-state index in [1.54, 1.807) is 60.3 Å². The van der Waals surface area contributed by atoms with Crippen molar-refractivity contribution < 1.29 is 27.4 Å². The van der Waals surface area contributed by atoms with Crippen LogP contribution in [0.1, 0.15) is 37.2 Å². The summed E-state index contributed by atoms with van der Waals surface area (Å²) in [7, 11) is 0.561. The van der Waals surface area contributed by atoms with Crippen molar-refractivity contribution in [2.24, 2.45) is 0 Å². The molecule has 0 N–H and O–H groups in total. The number of rotatable bonds is 12. The summed E-state index contributed by atoms with van der Waals surface area (Å²) < 4.78 is 51.6. The number of nitrogens with zero attached hydrogens (tertiary/aromatic N) is 6. The van der Waals surface area contributed by atoms with Crippen molar-refractivity contribution in [2.45, 2.75) is 37.9 Å². The zero-order valence-electron chi connectivity index (χ0n) is 23.2. The van der Waals surface area contributed by atoms with E-state index >= 15 is 0 Å². The molecule has 0 aliphatic carbocycles. The Bertz CT molecular complexity index is 1540. The molecule has 0 aliphatic heterocycles. The molecule has 0 aliphatic rings. The number of benzene rings is 1. The first-order chi connectivity index (χ1) is 19.2. The Hall–Kier alpha value is -4.10. The van der Waals surface area contributed by atoms with Crippen LogP contribution in [0.2, 0.25) is 0 Å². The standard InChI is InChI=1S/C27H32N6O6S/c1-7-39-23-13-8-10-19(30-23)27-32-31-22(33(27)24-20(36-4)11-9-12-21(24)37-5)16-40(34,35)18(3)25(38-6)26-28-14-17(2)15-29-26/h8-15,18,25H,7,16H2,1-6H3/t18-,25-/m0/s1. The molecule has 4 aromatic rings. The van der Waals surface area contributed by atoms with E-state index in [2.05, 4.69) is 25.1 Å². The molecule has 2 atom stereocenters. The van der Waals surface area contributed by atoms with Gasteiger partial charge < -0.3 is 18.9 Å². The third-order valence-electron chi connectivity index (χ3n) is 6.23. The lowest BCUT2D eigenvalue weighted by Crippen LogP contribution is -2.30. The van der Waals surface area contributed by atoms with Gasteiger partial charge in [-0.1, -0.05) is 12.1 Å². The lowest BCUT2D eigenvalue weighted by atomic mass is 10.2. The van der Waals surface area contributed by atoms with Crippen molar-refractivity contribution in [3.05, 3.63) is 66.0 Å². The number of aryl methyl sites for hydroxylation is 1. The normalized spacial score (nSPS) is 13.1. The molecule has 4 rings (SSSR count). The summed E-state index contributed by atoms with van der Waals surface area (Å²) in [5, 5.41) is 7.65. The highest BCUT2D eigenvalue weighted by molar-refractivity contribution is 7.91. The fourth-order valence-electron chi connectivity index (χ4n) is 4.19. The first kappa shape index (κ1) is 28.9. The zero-order valence-corrected chi connectivity index (χ0v) is 24.0. The summed E-state index contributed by atoms with van der Waals surface area (Å²) in [6, 6.07) is 10.5. The van der Waals surface area contributed by atoms with Crippen molar-refractivity contribution in [1.82, 2.24) is 29.7 Å². The molecule has 13 heteroatoms. The molecule has 0 spiro atoms. The second-order valence-corrected chi connectivity index (χ2v) is 11.2. The molecule has 0 radical (unpaired) electrons. The minimum absolute atomic E-state index is 0.132. The van der Waals surface area contributed by atoms with Crippen molar-refractivity contribution in [2.75, 3.05) is 27.9 Å². The maximum atomic E-state index is 13.8. The van der Waals surface area contributed by atoms with Crippen LogP contribution in [0, 0.1) is 6.92 Å². The average Bonchev–Trinajstić information content (AvgIpc) is 3.36. The molecule has 0 bridgehead atoms. The Kier molecular flexibility index (Phi) is 8.95. The molecule has 0 fully saturated rings. The van der Waals surface area contributed by atoms with Crippen LogP contribution in [0.4, 0.5) is 0 Å². The quantitative estimate of drug-likeness (QED) is 0.248. The molecule has 3 aromatic heterocycles. The van der Waals surface area contributed by atoms with Gasteiger partial charge in [-0.15, -0.1) is 10.2 Å². The number of para-hydroxylation sites is 1. The molecule has 3 heterocycles. The molecular formula is C27H32N6O6S. The molecule has 0 amide bonds. The van der Waals surface area contributed by atoms with E-state index in [4.69, 9.17) is 18.9 Å². The number of aromatic nitrogens is 6. The van der Waals surface area contributed by atoms with Gasteiger partial charge in [0, 0.05) is 25.6 Å². The molecule has 212 valence electrons. The highest BCUT2D eigenvalue weighted by atomic mass is 32.2. The van der Waals surface area contributed by atoms with E-state index < -0.39 is 26.9 Å². The van der Waals surface area contributed by atoms with Crippen LogP contribution in [0.5, 0.6) is 17.4 Å². The smallest absolute Gasteiger partial charge is 0.213 e. The van der Waals surface area contributed by atoms with E-state index in [0.717, 1.165) is 5.56 Å². The van der Waals surface area contributed by atoms with E-state index in [9.17, 15) is 8.42 Å². The van der Waals surface area contributed by atoms with Gasteiger partial charge in [0.25, 0.3) is 0 Å². The zero-order chi connectivity index (χ0) is 28.9. The van der Waals surface area contributed by atoms with E-state index in [-0.39, 0.29) is 17.5 Å². The van der Waals surface area contributed by atoms with Gasteiger partial charge in [0.15, 0.2) is 27.3 Å². The summed E-state index contributed by atoms with van der Waals surface area (Å²) >= 11 is 0. The minimum atomic E-state index is -3.89. The van der Waals surface area contributed by atoms with Crippen LogP contribution in [0.3, 0.4) is 0 Å². The molecular weight excluding hydrogens is 536 g/mol. The third-order valence-corrected chi connectivity index (χ3v) is 8.27. The largest absolute Gasteiger partial charge is 0.494 e. The van der Waals surface area contributed by atoms with Crippen molar-refractivity contribution in [1.29, 1.82) is 0 Å². The molecule has 12 nitrogen and oxygen atoms in total. The number of ether oxygens (including phenoxy) is 4. The Morgan fingerprint density at radius 3 is 2.20 bits per heavy atom. The highest BCUT2D eigenvalue weighted by Crippen LogP contribution is 2.37. The fourth-order valence-corrected chi connectivity index (χ4v) is 5.61. The van der Waals surface area contributed by atoms with Gasteiger partial charge in [0.2, 0.25) is 5.88 Å². The molecule has 0 saturated heterocycles. The molecule has 40 heavy (non-hydrogen) atoms. The first-order valence-electron chi connectivity index (χ1n) is 12.5. The molecule has 1 aromatic carbocycles. The fraction of sp³-hybridized carbons (Fsp3) is 0.370. The number of pyridine rings is 1. The Balaban J connectivity index is 1.85. The van der Waals surface area contributed by atoms with Gasteiger partial charge in [-0.2, -0.15) is 0 Å². The first-order valence-corrected chi connectivity index (χ1v) is 14.2. The predicted octanol–water partition coefficient (Wildman–Crippen LogP) is 3.53. The molecule has 0 saturated carbocycles. The van der Waals surface area contributed by atoms with Crippen molar-refractivity contribution >= 4 is 9.84 Å². The van der Waals surface area contributed by atoms with Crippen LogP contribution < -0.4 is 14.2 Å². The number of hydrogen-bond acceptors (Lipinski definition) is 11. The summed E-state index contributed by atoms with van der Waals surface area (Å²) in [5.41, 5.74) is 1.70. The van der Waals surface area contributed by atoms with E-state index in [0.29, 0.717) is 35.4 Å². The average molecular weight is 569 g/mol. The summed E-state index contributed by atoms with van der Waals surface area (Å²) in [6.45, 7) is 5.69. The number of methoxy groups -OCH3 is 3. The maximum absolute atomic E-state index is 13.8. The maximum Gasteiger partial charge on any atom is 0.213 e. The van der Waals surface area contributed by atoms with E-state index in [1.165, 1.54) is 21.3 Å². The highest BCUT2D eigenvalue weighted by Gasteiger charge is 2.35. The van der Waals surface area contributed by atoms with Crippen molar-refractivity contribution in [3.63, 3.8) is 0 Å². The van der Waals surface area contributed by atoms with Crippen LogP contribution >= 0.6 is 0 Å². The minimum Gasteiger partial charge on any atom is -0.494 e.